The zero-order chi connectivity index (χ0) is 11.8. The lowest BCUT2D eigenvalue weighted by Crippen LogP contribution is -2.40. The number of methoxy groups -OCH3 is 1. The minimum Gasteiger partial charge on any atom is -0.383 e. The van der Waals surface area contributed by atoms with E-state index >= 15 is 0 Å². The van der Waals surface area contributed by atoms with Gasteiger partial charge >= 0.3 is 0 Å². The Balaban J connectivity index is 2.10. The number of thiazole rings is 1. The number of hydrogen-bond donors (Lipinski definition) is 2. The number of carbonyl (C=O) groups excluding carboxylic acids is 1. The number of nitrogens with zero attached hydrogens (tertiary/aromatic N) is 1. The highest BCUT2D eigenvalue weighted by atomic mass is 32.1. The first-order valence-corrected chi connectivity index (χ1v) is 5.96. The van der Waals surface area contributed by atoms with Gasteiger partial charge in [-0.1, -0.05) is 0 Å². The van der Waals surface area contributed by atoms with Gasteiger partial charge in [0.1, 0.15) is 0 Å². The summed E-state index contributed by atoms with van der Waals surface area (Å²) in [6.45, 7) is 3.42. The van der Waals surface area contributed by atoms with E-state index < -0.39 is 0 Å². The number of nitrogens with one attached hydrogen (secondary N) is 2. The molecule has 1 heterocycles. The third-order valence-electron chi connectivity index (χ3n) is 1.89. The van der Waals surface area contributed by atoms with Crippen molar-refractivity contribution in [3.05, 3.63) is 16.6 Å². The van der Waals surface area contributed by atoms with Crippen molar-refractivity contribution in [3.63, 3.8) is 0 Å². The van der Waals surface area contributed by atoms with Crippen LogP contribution in [0.1, 0.15) is 11.8 Å². The topological polar surface area (TPSA) is 63.2 Å². The van der Waals surface area contributed by atoms with E-state index in [1.165, 1.54) is 0 Å². The molecular formula is C10H17N3O2S. The first kappa shape index (κ1) is 13.1. The van der Waals surface area contributed by atoms with Crippen molar-refractivity contribution in [1.29, 1.82) is 0 Å². The van der Waals surface area contributed by atoms with Crippen molar-refractivity contribution in [2.75, 3.05) is 20.3 Å². The number of hydrogen-bond acceptors (Lipinski definition) is 5. The molecule has 1 rings (SSSR count). The van der Waals surface area contributed by atoms with Gasteiger partial charge in [0.25, 0.3) is 0 Å². The Morgan fingerprint density at radius 3 is 3.12 bits per heavy atom. The Hall–Kier alpha value is -0.980. The van der Waals surface area contributed by atoms with Crippen molar-refractivity contribution in [2.45, 2.75) is 19.5 Å². The minimum absolute atomic E-state index is 0.0194. The number of amides is 1. The molecule has 0 aliphatic rings. The molecule has 1 atom stereocenters. The number of ether oxygens (including phenoxy) is 1. The maximum atomic E-state index is 11.4. The van der Waals surface area contributed by atoms with Gasteiger partial charge in [-0.3, -0.25) is 9.78 Å². The van der Waals surface area contributed by atoms with Gasteiger partial charge in [-0.15, -0.1) is 11.3 Å². The fraction of sp³-hybridized carbons (Fsp3) is 0.600. The largest absolute Gasteiger partial charge is 0.383 e. The van der Waals surface area contributed by atoms with Crippen molar-refractivity contribution in [2.24, 2.45) is 0 Å². The average Bonchev–Trinajstić information content (AvgIpc) is 2.70. The molecule has 0 aliphatic carbocycles. The van der Waals surface area contributed by atoms with Gasteiger partial charge in [0.2, 0.25) is 5.91 Å². The molecule has 16 heavy (non-hydrogen) atoms. The molecule has 0 saturated carbocycles. The highest BCUT2D eigenvalue weighted by molar-refractivity contribution is 7.09. The predicted octanol–water partition coefficient (Wildman–Crippen LogP) is 0.384. The SMILES string of the molecule is COCC(C)NC(=O)CNCc1cncs1. The van der Waals surface area contributed by atoms with Crippen LogP contribution in [0.2, 0.25) is 0 Å². The molecule has 5 nitrogen and oxygen atoms in total. The molecule has 0 fully saturated rings. The second-order valence-electron chi connectivity index (χ2n) is 3.50. The van der Waals surface area contributed by atoms with Gasteiger partial charge in [0.15, 0.2) is 0 Å². The van der Waals surface area contributed by atoms with Crippen LogP contribution >= 0.6 is 11.3 Å². The Kier molecular flexibility index (Phi) is 5.99. The van der Waals surface area contributed by atoms with Gasteiger partial charge < -0.3 is 15.4 Å². The van der Waals surface area contributed by atoms with E-state index in [0.29, 0.717) is 19.7 Å². The van der Waals surface area contributed by atoms with Gasteiger partial charge in [-0.05, 0) is 6.92 Å². The third kappa shape index (κ3) is 5.20. The number of aromatic nitrogens is 1. The van der Waals surface area contributed by atoms with E-state index in [1.54, 1.807) is 30.2 Å². The lowest BCUT2D eigenvalue weighted by molar-refractivity contribution is -0.121. The highest BCUT2D eigenvalue weighted by Crippen LogP contribution is 2.03. The maximum Gasteiger partial charge on any atom is 0.234 e. The number of rotatable bonds is 7. The molecule has 0 radical (unpaired) electrons. The van der Waals surface area contributed by atoms with Crippen molar-refractivity contribution in [1.82, 2.24) is 15.6 Å². The molecule has 90 valence electrons. The number of carbonyl (C=O) groups is 1. The van der Waals surface area contributed by atoms with Crippen LogP contribution in [-0.4, -0.2) is 37.2 Å². The van der Waals surface area contributed by atoms with Crippen molar-refractivity contribution >= 4 is 17.2 Å². The summed E-state index contributed by atoms with van der Waals surface area (Å²) in [5, 5.41) is 5.87. The summed E-state index contributed by atoms with van der Waals surface area (Å²) in [6, 6.07) is 0.0442. The first-order chi connectivity index (χ1) is 7.72. The summed E-state index contributed by atoms with van der Waals surface area (Å²) in [6.07, 6.45) is 1.79. The van der Waals surface area contributed by atoms with Crippen molar-refractivity contribution in [3.8, 4) is 0 Å². The molecule has 0 bridgehead atoms. The molecule has 0 aliphatic heterocycles. The van der Waals surface area contributed by atoms with Gasteiger partial charge in [0, 0.05) is 30.8 Å². The highest BCUT2D eigenvalue weighted by Gasteiger charge is 2.06. The average molecular weight is 243 g/mol. The molecule has 1 amide bonds. The molecule has 1 aromatic heterocycles. The van der Waals surface area contributed by atoms with Crippen LogP contribution in [-0.2, 0) is 16.1 Å². The van der Waals surface area contributed by atoms with Crippen LogP contribution in [0.3, 0.4) is 0 Å². The molecule has 6 heteroatoms. The summed E-state index contributed by atoms with van der Waals surface area (Å²) in [5.41, 5.74) is 1.78. The standard InChI is InChI=1S/C10H17N3O2S/c1-8(6-15-2)13-10(14)5-11-3-9-4-12-7-16-9/h4,7-8,11H,3,5-6H2,1-2H3,(H,13,14). The smallest absolute Gasteiger partial charge is 0.234 e. The second kappa shape index (κ2) is 7.32. The quantitative estimate of drug-likeness (QED) is 0.727. The van der Waals surface area contributed by atoms with Crippen LogP contribution in [0.25, 0.3) is 0 Å². The monoisotopic (exact) mass is 243 g/mol. The van der Waals surface area contributed by atoms with E-state index in [4.69, 9.17) is 4.74 Å². The van der Waals surface area contributed by atoms with Crippen molar-refractivity contribution < 1.29 is 9.53 Å². The lowest BCUT2D eigenvalue weighted by Gasteiger charge is -2.12. The zero-order valence-electron chi connectivity index (χ0n) is 9.53. The first-order valence-electron chi connectivity index (χ1n) is 5.08. The Morgan fingerprint density at radius 1 is 1.69 bits per heavy atom. The van der Waals surface area contributed by atoms with Gasteiger partial charge in [-0.25, -0.2) is 0 Å². The Labute approximate surface area is 99.2 Å². The molecule has 0 spiro atoms. The molecule has 0 saturated heterocycles. The van der Waals surface area contributed by atoms with E-state index in [9.17, 15) is 4.79 Å². The van der Waals surface area contributed by atoms with Crippen LogP contribution in [0.15, 0.2) is 11.7 Å². The van der Waals surface area contributed by atoms with Crippen LogP contribution in [0.4, 0.5) is 0 Å². The summed E-state index contributed by atoms with van der Waals surface area (Å²) in [4.78, 5) is 16.5. The van der Waals surface area contributed by atoms with E-state index in [0.717, 1.165) is 4.88 Å². The third-order valence-corrected chi connectivity index (χ3v) is 2.67. The maximum absolute atomic E-state index is 11.4. The minimum atomic E-state index is -0.0194. The Morgan fingerprint density at radius 2 is 2.50 bits per heavy atom. The molecule has 1 unspecified atom stereocenters. The Bertz CT molecular complexity index is 303. The molecule has 1 aromatic rings. The van der Waals surface area contributed by atoms with E-state index in [-0.39, 0.29) is 11.9 Å². The normalized spacial score (nSPS) is 12.4. The molecular weight excluding hydrogens is 226 g/mol. The predicted molar refractivity (Wildman–Crippen MR) is 63.3 cm³/mol. The van der Waals surface area contributed by atoms with E-state index in [2.05, 4.69) is 15.6 Å². The van der Waals surface area contributed by atoms with Gasteiger partial charge in [0.05, 0.1) is 18.7 Å². The summed E-state index contributed by atoms with van der Waals surface area (Å²) in [7, 11) is 1.62. The van der Waals surface area contributed by atoms with Gasteiger partial charge in [-0.2, -0.15) is 0 Å². The van der Waals surface area contributed by atoms with Crippen LogP contribution in [0.5, 0.6) is 0 Å². The fourth-order valence-corrected chi connectivity index (χ4v) is 1.81. The molecule has 2 N–H and O–H groups in total. The van der Waals surface area contributed by atoms with Crippen LogP contribution in [0, 0.1) is 0 Å². The molecule has 0 aromatic carbocycles. The van der Waals surface area contributed by atoms with E-state index in [1.807, 2.05) is 6.92 Å². The summed E-state index contributed by atoms with van der Waals surface area (Å²) >= 11 is 1.57. The fourth-order valence-electron chi connectivity index (χ4n) is 1.25. The summed E-state index contributed by atoms with van der Waals surface area (Å²) < 4.78 is 4.93. The summed E-state index contributed by atoms with van der Waals surface area (Å²) in [5.74, 6) is -0.0194. The second-order valence-corrected chi connectivity index (χ2v) is 4.47. The zero-order valence-corrected chi connectivity index (χ0v) is 10.3. The lowest BCUT2D eigenvalue weighted by atomic mass is 10.3. The van der Waals surface area contributed by atoms with Crippen LogP contribution < -0.4 is 10.6 Å².